The first-order valence-corrected chi connectivity index (χ1v) is 9.20. The fraction of sp³-hybridized carbons (Fsp3) is 0.333. The number of rotatable bonds is 4. The molecule has 27 heavy (non-hydrogen) atoms. The Morgan fingerprint density at radius 3 is 2.59 bits per heavy atom. The highest BCUT2D eigenvalue weighted by atomic mass is 35.5. The normalized spacial score (nSPS) is 16.0. The summed E-state index contributed by atoms with van der Waals surface area (Å²) in [7, 11) is 1.52. The number of methoxy groups -OCH3 is 1. The minimum Gasteiger partial charge on any atom is -0.495 e. The van der Waals surface area contributed by atoms with Crippen molar-refractivity contribution in [1.29, 1.82) is 0 Å². The quantitative estimate of drug-likeness (QED) is 0.797. The van der Waals surface area contributed by atoms with E-state index in [2.05, 4.69) is 5.32 Å². The highest BCUT2D eigenvalue weighted by Gasteiger charge is 2.43. The molecular formula is C21H23ClN2O3. The molecule has 0 saturated carbocycles. The van der Waals surface area contributed by atoms with Crippen molar-refractivity contribution in [1.82, 2.24) is 0 Å². The van der Waals surface area contributed by atoms with Gasteiger partial charge in [0.15, 0.2) is 0 Å². The van der Waals surface area contributed by atoms with E-state index in [1.54, 1.807) is 36.9 Å². The predicted octanol–water partition coefficient (Wildman–Crippen LogP) is 4.29. The highest BCUT2D eigenvalue weighted by molar-refractivity contribution is 6.32. The summed E-state index contributed by atoms with van der Waals surface area (Å²) in [5.41, 5.74) is 1.28. The van der Waals surface area contributed by atoms with Gasteiger partial charge in [0.05, 0.1) is 12.1 Å². The van der Waals surface area contributed by atoms with Crippen LogP contribution in [0.2, 0.25) is 5.02 Å². The zero-order valence-electron chi connectivity index (χ0n) is 15.9. The Morgan fingerprint density at radius 1 is 1.22 bits per heavy atom. The van der Waals surface area contributed by atoms with Crippen LogP contribution in [0.5, 0.6) is 5.75 Å². The van der Waals surface area contributed by atoms with Crippen molar-refractivity contribution in [2.24, 2.45) is 5.41 Å². The first kappa shape index (κ1) is 19.2. The second kappa shape index (κ2) is 7.24. The Morgan fingerprint density at radius 2 is 1.93 bits per heavy atom. The van der Waals surface area contributed by atoms with E-state index in [1.165, 1.54) is 7.11 Å². The van der Waals surface area contributed by atoms with E-state index in [1.807, 2.05) is 31.2 Å². The van der Waals surface area contributed by atoms with Crippen LogP contribution < -0.4 is 15.0 Å². The van der Waals surface area contributed by atoms with Gasteiger partial charge in [0, 0.05) is 17.4 Å². The lowest BCUT2D eigenvalue weighted by Crippen LogP contribution is -2.49. The number of carbonyl (C=O) groups excluding carboxylic acids is 2. The number of nitrogens with zero attached hydrogens (tertiary/aromatic N) is 1. The van der Waals surface area contributed by atoms with E-state index >= 15 is 0 Å². The zero-order valence-corrected chi connectivity index (χ0v) is 16.6. The number of anilines is 2. The Bertz CT molecular complexity index is 895. The van der Waals surface area contributed by atoms with Crippen molar-refractivity contribution in [3.05, 3.63) is 53.1 Å². The number of benzene rings is 2. The summed E-state index contributed by atoms with van der Waals surface area (Å²) in [6, 6.07) is 12.8. The molecule has 2 aromatic carbocycles. The van der Waals surface area contributed by atoms with E-state index in [0.717, 1.165) is 17.7 Å². The van der Waals surface area contributed by atoms with Crippen LogP contribution in [-0.4, -0.2) is 25.0 Å². The van der Waals surface area contributed by atoms with Gasteiger partial charge in [-0.05, 0) is 57.0 Å². The Kier molecular flexibility index (Phi) is 5.16. The van der Waals surface area contributed by atoms with E-state index < -0.39 is 5.41 Å². The Labute approximate surface area is 164 Å². The van der Waals surface area contributed by atoms with Crippen LogP contribution in [0.1, 0.15) is 26.3 Å². The van der Waals surface area contributed by atoms with Gasteiger partial charge in [0.2, 0.25) is 11.8 Å². The number of carbonyl (C=O) groups is 2. The summed E-state index contributed by atoms with van der Waals surface area (Å²) in [4.78, 5) is 27.9. The fourth-order valence-corrected chi connectivity index (χ4v) is 3.56. The van der Waals surface area contributed by atoms with Crippen molar-refractivity contribution in [3.63, 3.8) is 0 Å². The third-order valence-electron chi connectivity index (χ3n) is 4.94. The molecule has 6 heteroatoms. The number of ether oxygens (including phenoxy) is 1. The Balaban J connectivity index is 1.82. The minimum absolute atomic E-state index is 0.0115. The molecular weight excluding hydrogens is 364 g/mol. The monoisotopic (exact) mass is 386 g/mol. The SMILES string of the molecule is COc1ccc(NC(=O)C(C)(C)C(=O)N2c3ccccc3CC2C)cc1Cl. The molecule has 0 fully saturated rings. The van der Waals surface area contributed by atoms with Gasteiger partial charge in [-0.2, -0.15) is 0 Å². The smallest absolute Gasteiger partial charge is 0.242 e. The first-order chi connectivity index (χ1) is 12.8. The molecule has 0 aliphatic carbocycles. The molecule has 0 bridgehead atoms. The molecule has 3 rings (SSSR count). The van der Waals surface area contributed by atoms with Gasteiger partial charge in [-0.15, -0.1) is 0 Å². The number of hydrogen-bond donors (Lipinski definition) is 1. The van der Waals surface area contributed by atoms with Crippen LogP contribution in [0.4, 0.5) is 11.4 Å². The van der Waals surface area contributed by atoms with E-state index in [-0.39, 0.29) is 17.9 Å². The lowest BCUT2D eigenvalue weighted by Gasteiger charge is -2.31. The second-order valence-electron chi connectivity index (χ2n) is 7.29. The van der Waals surface area contributed by atoms with Crippen molar-refractivity contribution < 1.29 is 14.3 Å². The average Bonchev–Trinajstić information content (AvgIpc) is 2.96. The number of hydrogen-bond acceptors (Lipinski definition) is 3. The molecule has 1 aliphatic heterocycles. The molecule has 1 N–H and O–H groups in total. The van der Waals surface area contributed by atoms with E-state index in [0.29, 0.717) is 16.5 Å². The maximum Gasteiger partial charge on any atom is 0.242 e. The molecule has 1 atom stereocenters. The summed E-state index contributed by atoms with van der Waals surface area (Å²) in [5.74, 6) is -0.0881. The number of amides is 2. The van der Waals surface area contributed by atoms with Crippen LogP contribution in [0.15, 0.2) is 42.5 Å². The van der Waals surface area contributed by atoms with Crippen molar-refractivity contribution in [2.75, 3.05) is 17.3 Å². The van der Waals surface area contributed by atoms with E-state index in [9.17, 15) is 9.59 Å². The van der Waals surface area contributed by atoms with Gasteiger partial charge >= 0.3 is 0 Å². The molecule has 0 aromatic heterocycles. The lowest BCUT2D eigenvalue weighted by atomic mass is 9.89. The standard InChI is InChI=1S/C21H23ClN2O3/c1-13-11-14-7-5-6-8-17(14)24(13)20(26)21(2,3)19(25)23-15-9-10-18(27-4)16(22)12-15/h5-10,12-13H,11H2,1-4H3,(H,23,25). The minimum atomic E-state index is -1.24. The molecule has 1 heterocycles. The molecule has 5 nitrogen and oxygen atoms in total. The topological polar surface area (TPSA) is 58.6 Å². The largest absolute Gasteiger partial charge is 0.495 e. The average molecular weight is 387 g/mol. The van der Waals surface area contributed by atoms with E-state index in [4.69, 9.17) is 16.3 Å². The van der Waals surface area contributed by atoms with Gasteiger partial charge in [-0.25, -0.2) is 0 Å². The van der Waals surface area contributed by atoms with Crippen LogP contribution >= 0.6 is 11.6 Å². The van der Waals surface area contributed by atoms with Crippen LogP contribution in [0.3, 0.4) is 0 Å². The molecule has 0 spiro atoms. The van der Waals surface area contributed by atoms with Gasteiger partial charge in [-0.1, -0.05) is 29.8 Å². The molecule has 2 amide bonds. The maximum atomic E-state index is 13.3. The fourth-order valence-electron chi connectivity index (χ4n) is 3.30. The molecule has 142 valence electrons. The molecule has 1 aliphatic rings. The summed E-state index contributed by atoms with van der Waals surface area (Å²) >= 11 is 6.12. The third kappa shape index (κ3) is 3.52. The Hall–Kier alpha value is -2.53. The second-order valence-corrected chi connectivity index (χ2v) is 7.69. The zero-order chi connectivity index (χ0) is 19.8. The molecule has 2 aromatic rings. The van der Waals surface area contributed by atoms with Crippen molar-refractivity contribution in [2.45, 2.75) is 33.2 Å². The van der Waals surface area contributed by atoms with Crippen LogP contribution in [0.25, 0.3) is 0 Å². The summed E-state index contributed by atoms with van der Waals surface area (Å²) in [6.07, 6.45) is 0.785. The van der Waals surface area contributed by atoms with Crippen LogP contribution in [-0.2, 0) is 16.0 Å². The number of nitrogens with one attached hydrogen (secondary N) is 1. The van der Waals surface area contributed by atoms with Crippen molar-refractivity contribution in [3.8, 4) is 5.75 Å². The van der Waals surface area contributed by atoms with Crippen LogP contribution in [0, 0.1) is 5.41 Å². The summed E-state index contributed by atoms with van der Waals surface area (Å²) in [6.45, 7) is 5.28. The molecule has 1 unspecified atom stereocenters. The number of halogens is 1. The van der Waals surface area contributed by atoms with Gasteiger partial charge in [0.1, 0.15) is 11.2 Å². The maximum absolute atomic E-state index is 13.3. The first-order valence-electron chi connectivity index (χ1n) is 8.82. The summed E-state index contributed by atoms with van der Waals surface area (Å²) < 4.78 is 5.12. The predicted molar refractivity (Wildman–Crippen MR) is 108 cm³/mol. The lowest BCUT2D eigenvalue weighted by molar-refractivity contribution is -0.136. The summed E-state index contributed by atoms with van der Waals surface area (Å²) in [5, 5.41) is 3.18. The highest BCUT2D eigenvalue weighted by Crippen LogP contribution is 2.36. The number of para-hydroxylation sites is 1. The number of fused-ring (bicyclic) bond motifs is 1. The van der Waals surface area contributed by atoms with Crippen molar-refractivity contribution >= 4 is 34.8 Å². The van der Waals surface area contributed by atoms with Gasteiger partial charge in [0.25, 0.3) is 0 Å². The van der Waals surface area contributed by atoms with Gasteiger partial charge < -0.3 is 15.0 Å². The molecule has 0 saturated heterocycles. The molecule has 0 radical (unpaired) electrons. The third-order valence-corrected chi connectivity index (χ3v) is 5.23. The van der Waals surface area contributed by atoms with Gasteiger partial charge in [-0.3, -0.25) is 9.59 Å².